The number of carbonyl (C=O) groups excluding carboxylic acids is 2. The van der Waals surface area contributed by atoms with Gasteiger partial charge in [0.15, 0.2) is 0 Å². The summed E-state index contributed by atoms with van der Waals surface area (Å²) in [5, 5.41) is 67.5. The number of rotatable bonds is 34. The Morgan fingerprint density at radius 3 is 1.71 bits per heavy atom. The molecule has 0 saturated carbocycles. The number of urea groups is 1. The number of nitrogens with one attached hydrogen (secondary N) is 4. The predicted molar refractivity (Wildman–Crippen MR) is 295 cm³/mol. The third-order valence-corrected chi connectivity index (χ3v) is 13.8. The number of carboxylic acids is 6. The van der Waals surface area contributed by atoms with E-state index in [-0.39, 0.29) is 84.3 Å². The van der Waals surface area contributed by atoms with E-state index in [0.717, 1.165) is 89.7 Å². The number of aliphatic carboxylic acids is 6. The molecule has 10 N–H and O–H groups in total. The molecule has 2 unspecified atom stereocenters. The quantitative estimate of drug-likeness (QED) is 0.0435. The van der Waals surface area contributed by atoms with Gasteiger partial charge in [0, 0.05) is 111 Å². The molecule has 2 atom stereocenters. The largest absolute Gasteiger partial charge is 0.480 e. The van der Waals surface area contributed by atoms with Gasteiger partial charge >= 0.3 is 41.8 Å². The molecule has 2 aromatic rings. The summed E-state index contributed by atoms with van der Waals surface area (Å²) in [7, 11) is 3.72. The smallest absolute Gasteiger partial charge is 0.326 e. The van der Waals surface area contributed by atoms with Crippen LogP contribution in [-0.4, -0.2) is 262 Å². The molecular weight excluding hydrogens is 1040 g/mol. The van der Waals surface area contributed by atoms with Crippen LogP contribution in [0.15, 0.2) is 24.3 Å². The van der Waals surface area contributed by atoms with Crippen LogP contribution in [-0.2, 0) is 40.0 Å². The summed E-state index contributed by atoms with van der Waals surface area (Å²) in [5.74, 6) is -5.41. The molecule has 2 aliphatic rings. The van der Waals surface area contributed by atoms with Crippen LogP contribution >= 0.6 is 0 Å². The van der Waals surface area contributed by atoms with Gasteiger partial charge < -0.3 is 61.7 Å². The second-order valence-corrected chi connectivity index (χ2v) is 20.5. The van der Waals surface area contributed by atoms with Crippen LogP contribution in [0.3, 0.4) is 0 Å². The molecule has 0 bridgehead atoms. The Morgan fingerprint density at radius 1 is 0.588 bits per heavy atom. The van der Waals surface area contributed by atoms with Crippen molar-refractivity contribution in [2.24, 2.45) is 0 Å². The first-order valence-corrected chi connectivity index (χ1v) is 27.5. The summed E-state index contributed by atoms with van der Waals surface area (Å²) in [6.07, 6.45) is 10.4. The molecule has 28 heteroatoms. The maximum atomic E-state index is 12.3. The van der Waals surface area contributed by atoms with Gasteiger partial charge in [-0.1, -0.05) is 50.7 Å². The number of benzene rings is 1. The van der Waals surface area contributed by atoms with Gasteiger partial charge in [-0.25, -0.2) is 9.59 Å². The maximum Gasteiger partial charge on any atom is 0.326 e. The van der Waals surface area contributed by atoms with Crippen molar-refractivity contribution in [2.45, 2.75) is 95.6 Å². The molecule has 1 aromatic heterocycles. The Labute approximate surface area is 466 Å². The Balaban J connectivity index is 1.20. The van der Waals surface area contributed by atoms with Crippen molar-refractivity contribution >= 4 is 71.3 Å². The van der Waals surface area contributed by atoms with Gasteiger partial charge in [0.05, 0.1) is 26.2 Å². The summed E-state index contributed by atoms with van der Waals surface area (Å²) >= 11 is 0. The number of amides is 3. The molecule has 80 heavy (non-hydrogen) atoms. The van der Waals surface area contributed by atoms with Crippen LogP contribution in [0.2, 0.25) is 0 Å². The highest BCUT2D eigenvalue weighted by atomic mass is 16.4. The van der Waals surface area contributed by atoms with E-state index in [0.29, 0.717) is 55.8 Å². The minimum absolute atomic E-state index is 0.0448. The second kappa shape index (κ2) is 35.6. The van der Waals surface area contributed by atoms with E-state index in [1.807, 2.05) is 43.3 Å². The van der Waals surface area contributed by atoms with Gasteiger partial charge in [-0.3, -0.25) is 53.3 Å². The summed E-state index contributed by atoms with van der Waals surface area (Å²) in [6.45, 7) is 4.06. The summed E-state index contributed by atoms with van der Waals surface area (Å²) in [4.78, 5) is 121. The number of unbranched alkanes of at least 4 members (excludes halogenated alkanes) is 8. The zero-order chi connectivity index (χ0) is 58.4. The normalized spacial score (nSPS) is 16.8. The lowest BCUT2D eigenvalue weighted by atomic mass is 10.0. The molecular formula is C52H84N14O14. The van der Waals surface area contributed by atoms with Crippen molar-refractivity contribution in [3.63, 3.8) is 0 Å². The van der Waals surface area contributed by atoms with Crippen molar-refractivity contribution in [1.29, 1.82) is 0 Å². The fourth-order valence-corrected chi connectivity index (χ4v) is 9.50. The molecule has 0 aliphatic carbocycles. The highest BCUT2D eigenvalue weighted by Gasteiger charge is 2.28. The van der Waals surface area contributed by atoms with Crippen molar-refractivity contribution < 1.29 is 69.0 Å². The zero-order valence-electron chi connectivity index (χ0n) is 46.3. The molecule has 28 nitrogen and oxygen atoms in total. The number of carboxylic acid groups (broad SMARTS) is 6. The molecule has 2 fully saturated rings. The highest BCUT2D eigenvalue weighted by Crippen LogP contribution is 2.22. The number of nitrogens with zero attached hydrogens (tertiary/aromatic N) is 10. The molecule has 446 valence electrons. The molecule has 1 aromatic carbocycles. The maximum absolute atomic E-state index is 12.3. The first kappa shape index (κ1) is 65.5. The molecule has 0 radical (unpaired) electrons. The minimum atomic E-state index is -1.24. The van der Waals surface area contributed by atoms with Crippen LogP contribution in [0.5, 0.6) is 0 Å². The standard InChI is InChI=1S/C52H84N14O14/c1-60(2)50-57-49(55-39-17-15-38(16-18-39)31-40-33-64(36-46(74)75)24-23-62(34-44(70)71)21-22-63(35-45(72)73)27-30-66(40)37-47(76)77)58-51(59-50)65-28-25-61(26-29-65)20-12-8-6-4-3-5-7-9-14-42(67)53-19-11-10-13-41(48(78)79)56-52(80)54-32-43(68)69/h15-18,40-41H,3-14,19-37H2,1-2H3,(H,53,67)(H,68,69)(H,70,71)(H,72,73)(H,74,75)(H,76,77)(H,78,79)(H2,54,56,80)(H,55,57,58,59). The zero-order valence-corrected chi connectivity index (χ0v) is 46.3. The summed E-state index contributed by atoms with van der Waals surface area (Å²) in [6, 6.07) is 4.98. The molecule has 3 amide bonds. The van der Waals surface area contributed by atoms with Gasteiger partial charge in [-0.05, 0) is 62.8 Å². The van der Waals surface area contributed by atoms with Crippen LogP contribution in [0.1, 0.15) is 82.6 Å². The average Bonchev–Trinajstić information content (AvgIpc) is 3.39. The predicted octanol–water partition coefficient (Wildman–Crippen LogP) is 0.909. The van der Waals surface area contributed by atoms with Crippen LogP contribution in [0.4, 0.5) is 28.3 Å². The lowest BCUT2D eigenvalue weighted by Crippen LogP contribution is -2.53. The first-order chi connectivity index (χ1) is 38.2. The van der Waals surface area contributed by atoms with Crippen LogP contribution in [0, 0.1) is 0 Å². The molecule has 2 saturated heterocycles. The van der Waals surface area contributed by atoms with Gasteiger partial charge in [0.25, 0.3) is 0 Å². The number of hydrogen-bond donors (Lipinski definition) is 10. The third-order valence-electron chi connectivity index (χ3n) is 13.8. The van der Waals surface area contributed by atoms with Gasteiger partial charge in [-0.2, -0.15) is 15.0 Å². The summed E-state index contributed by atoms with van der Waals surface area (Å²) in [5.41, 5.74) is 1.53. The van der Waals surface area contributed by atoms with Crippen molar-refractivity contribution in [3.8, 4) is 0 Å². The van der Waals surface area contributed by atoms with E-state index in [1.54, 1.807) is 19.6 Å². The van der Waals surface area contributed by atoms with E-state index in [9.17, 15) is 63.9 Å². The minimum Gasteiger partial charge on any atom is -0.480 e. The van der Waals surface area contributed by atoms with Gasteiger partial charge in [-0.15, -0.1) is 0 Å². The van der Waals surface area contributed by atoms with E-state index in [2.05, 4.69) is 36.1 Å². The lowest BCUT2D eigenvalue weighted by molar-refractivity contribution is -0.142. The molecule has 4 rings (SSSR count). The number of aromatic nitrogens is 3. The Morgan fingerprint density at radius 2 is 1.14 bits per heavy atom. The fraction of sp³-hybridized carbons (Fsp3) is 0.673. The third kappa shape index (κ3) is 26.8. The Bertz CT molecular complexity index is 2290. The molecule has 2 aliphatic heterocycles. The number of piperazine rings is 1. The highest BCUT2D eigenvalue weighted by molar-refractivity contribution is 5.84. The van der Waals surface area contributed by atoms with Gasteiger partial charge in [0.2, 0.25) is 23.8 Å². The SMILES string of the molecule is CN(C)c1nc(Nc2ccc(CC3CN(CC(=O)O)CCN(CC(=O)O)CCN(CC(=O)O)CCN3CC(=O)O)cc2)nc(N2CCN(CCCCCCCCCCC(=O)NCCCCC(NC(=O)NCC(=O)O)C(=O)O)CC2)n1. The van der Waals surface area contributed by atoms with E-state index in [4.69, 9.17) is 15.1 Å². The van der Waals surface area contributed by atoms with Crippen LogP contribution in [0.25, 0.3) is 0 Å². The summed E-state index contributed by atoms with van der Waals surface area (Å²) < 4.78 is 0. The average molecular weight is 1130 g/mol. The number of hydrogen-bond acceptors (Lipinski definition) is 19. The molecule has 3 heterocycles. The fourth-order valence-electron chi connectivity index (χ4n) is 9.50. The second-order valence-electron chi connectivity index (χ2n) is 20.5. The van der Waals surface area contributed by atoms with Crippen molar-refractivity contribution in [3.05, 3.63) is 29.8 Å². The van der Waals surface area contributed by atoms with E-state index >= 15 is 0 Å². The van der Waals surface area contributed by atoms with Gasteiger partial charge in [0.1, 0.15) is 12.6 Å². The monoisotopic (exact) mass is 1130 g/mol. The van der Waals surface area contributed by atoms with Crippen LogP contribution < -0.4 is 31.1 Å². The van der Waals surface area contributed by atoms with E-state index < -0.39 is 60.5 Å². The number of carbonyl (C=O) groups is 8. The Kier molecular flexibility index (Phi) is 29.1. The van der Waals surface area contributed by atoms with E-state index in [1.165, 1.54) is 0 Å². The first-order valence-electron chi connectivity index (χ1n) is 27.5. The lowest BCUT2D eigenvalue weighted by Gasteiger charge is -2.37. The topological polar surface area (TPSA) is 367 Å². The number of anilines is 4. The molecule has 0 spiro atoms. The Hall–Kier alpha value is -7.01. The van der Waals surface area contributed by atoms with Crippen molar-refractivity contribution in [1.82, 2.24) is 55.4 Å². The van der Waals surface area contributed by atoms with Crippen molar-refractivity contribution in [2.75, 3.05) is 147 Å².